The molecule has 3 nitrogen and oxygen atoms in total. The van der Waals surface area contributed by atoms with Gasteiger partial charge in [0.1, 0.15) is 12.4 Å². The quantitative estimate of drug-likeness (QED) is 0.785. The molecule has 1 fully saturated rings. The summed E-state index contributed by atoms with van der Waals surface area (Å²) < 4.78 is 12.0. The standard InChI is InChI=1S/C14H20BrNO2/c15-13-2-1-3-14(10-13)18-9-7-16-6-4-12-5-8-17-11-12/h1-3,10,12,16H,4-9,11H2. The van der Waals surface area contributed by atoms with Crippen molar-refractivity contribution < 1.29 is 9.47 Å². The number of rotatable bonds is 7. The maximum Gasteiger partial charge on any atom is 0.120 e. The van der Waals surface area contributed by atoms with Gasteiger partial charge in [-0.1, -0.05) is 22.0 Å². The van der Waals surface area contributed by atoms with Crippen LogP contribution in [0.5, 0.6) is 5.75 Å². The topological polar surface area (TPSA) is 30.5 Å². The summed E-state index contributed by atoms with van der Waals surface area (Å²) in [5.41, 5.74) is 0. The Morgan fingerprint density at radius 1 is 1.39 bits per heavy atom. The number of ether oxygens (including phenoxy) is 2. The molecule has 2 rings (SSSR count). The Morgan fingerprint density at radius 3 is 3.11 bits per heavy atom. The molecular formula is C14H20BrNO2. The number of hydrogen-bond acceptors (Lipinski definition) is 3. The smallest absolute Gasteiger partial charge is 0.120 e. The molecule has 1 atom stereocenters. The van der Waals surface area contributed by atoms with Crippen LogP contribution in [-0.4, -0.2) is 32.9 Å². The maximum absolute atomic E-state index is 5.64. The highest BCUT2D eigenvalue weighted by Crippen LogP contribution is 2.17. The molecule has 1 aliphatic heterocycles. The van der Waals surface area contributed by atoms with Crippen LogP contribution in [0.15, 0.2) is 28.7 Å². The summed E-state index contributed by atoms with van der Waals surface area (Å²) in [6.07, 6.45) is 2.42. The number of hydrogen-bond donors (Lipinski definition) is 1. The molecule has 0 saturated carbocycles. The van der Waals surface area contributed by atoms with Gasteiger partial charge in [0.05, 0.1) is 0 Å². The Kier molecular flexibility index (Phi) is 5.97. The fourth-order valence-electron chi connectivity index (χ4n) is 2.04. The second-order valence-corrected chi connectivity index (χ2v) is 5.49. The molecular weight excluding hydrogens is 294 g/mol. The maximum atomic E-state index is 5.64. The Balaban J connectivity index is 1.50. The molecule has 0 aromatic heterocycles. The van der Waals surface area contributed by atoms with Crippen molar-refractivity contribution in [3.05, 3.63) is 28.7 Å². The van der Waals surface area contributed by atoms with Gasteiger partial charge in [-0.3, -0.25) is 0 Å². The van der Waals surface area contributed by atoms with Crippen LogP contribution in [0.1, 0.15) is 12.8 Å². The van der Waals surface area contributed by atoms with Crippen LogP contribution >= 0.6 is 15.9 Å². The Hall–Kier alpha value is -0.580. The first-order valence-corrected chi connectivity index (χ1v) is 7.31. The van der Waals surface area contributed by atoms with Gasteiger partial charge in [-0.2, -0.15) is 0 Å². The van der Waals surface area contributed by atoms with Gasteiger partial charge in [0.2, 0.25) is 0 Å². The Labute approximate surface area is 117 Å². The van der Waals surface area contributed by atoms with E-state index in [9.17, 15) is 0 Å². The van der Waals surface area contributed by atoms with Crippen molar-refractivity contribution in [2.75, 3.05) is 32.9 Å². The molecule has 18 heavy (non-hydrogen) atoms. The summed E-state index contributed by atoms with van der Waals surface area (Å²) in [5, 5.41) is 3.40. The molecule has 0 aliphatic carbocycles. The molecule has 0 spiro atoms. The lowest BCUT2D eigenvalue weighted by Crippen LogP contribution is -2.23. The van der Waals surface area contributed by atoms with Crippen molar-refractivity contribution in [1.29, 1.82) is 0 Å². The average molecular weight is 314 g/mol. The van der Waals surface area contributed by atoms with Crippen molar-refractivity contribution in [1.82, 2.24) is 5.32 Å². The molecule has 1 aliphatic rings. The van der Waals surface area contributed by atoms with Gasteiger partial charge in [0, 0.05) is 24.2 Å². The van der Waals surface area contributed by atoms with E-state index in [0.717, 1.165) is 42.4 Å². The third kappa shape index (κ3) is 4.96. The van der Waals surface area contributed by atoms with Crippen LogP contribution in [-0.2, 0) is 4.74 Å². The lowest BCUT2D eigenvalue weighted by Gasteiger charge is -2.10. The molecule has 1 N–H and O–H groups in total. The van der Waals surface area contributed by atoms with E-state index in [1.165, 1.54) is 12.8 Å². The van der Waals surface area contributed by atoms with Gasteiger partial charge in [-0.05, 0) is 43.5 Å². The third-order valence-corrected chi connectivity index (χ3v) is 3.59. The van der Waals surface area contributed by atoms with Crippen molar-refractivity contribution >= 4 is 15.9 Å². The summed E-state index contributed by atoms with van der Waals surface area (Å²) in [5.74, 6) is 1.67. The second kappa shape index (κ2) is 7.77. The molecule has 0 radical (unpaired) electrons. The Bertz CT molecular complexity index is 353. The largest absolute Gasteiger partial charge is 0.492 e. The van der Waals surface area contributed by atoms with E-state index >= 15 is 0 Å². The summed E-state index contributed by atoms with van der Waals surface area (Å²) in [7, 11) is 0. The number of nitrogens with one attached hydrogen (secondary N) is 1. The van der Waals surface area contributed by atoms with Gasteiger partial charge in [0.15, 0.2) is 0 Å². The van der Waals surface area contributed by atoms with Crippen molar-refractivity contribution in [2.45, 2.75) is 12.8 Å². The fraction of sp³-hybridized carbons (Fsp3) is 0.571. The minimum Gasteiger partial charge on any atom is -0.492 e. The van der Waals surface area contributed by atoms with Crippen LogP contribution in [0.25, 0.3) is 0 Å². The highest BCUT2D eigenvalue weighted by atomic mass is 79.9. The van der Waals surface area contributed by atoms with Gasteiger partial charge in [-0.15, -0.1) is 0 Å². The first-order valence-electron chi connectivity index (χ1n) is 6.51. The molecule has 1 heterocycles. The average Bonchev–Trinajstić information content (AvgIpc) is 2.87. The zero-order valence-electron chi connectivity index (χ0n) is 10.5. The third-order valence-electron chi connectivity index (χ3n) is 3.10. The molecule has 1 aromatic carbocycles. The minimum atomic E-state index is 0.706. The van der Waals surface area contributed by atoms with Gasteiger partial charge in [-0.25, -0.2) is 0 Å². The fourth-order valence-corrected chi connectivity index (χ4v) is 2.42. The van der Waals surface area contributed by atoms with E-state index in [2.05, 4.69) is 21.2 Å². The zero-order chi connectivity index (χ0) is 12.6. The summed E-state index contributed by atoms with van der Waals surface area (Å²) in [6.45, 7) is 4.53. The van der Waals surface area contributed by atoms with Crippen LogP contribution in [0, 0.1) is 5.92 Å². The van der Waals surface area contributed by atoms with Crippen LogP contribution in [0.4, 0.5) is 0 Å². The minimum absolute atomic E-state index is 0.706. The van der Waals surface area contributed by atoms with Crippen molar-refractivity contribution in [2.24, 2.45) is 5.92 Å². The summed E-state index contributed by atoms with van der Waals surface area (Å²) in [6, 6.07) is 7.93. The van der Waals surface area contributed by atoms with E-state index in [0.29, 0.717) is 6.61 Å². The van der Waals surface area contributed by atoms with E-state index in [1.54, 1.807) is 0 Å². The van der Waals surface area contributed by atoms with Crippen LogP contribution in [0.2, 0.25) is 0 Å². The normalized spacial score (nSPS) is 19.1. The SMILES string of the molecule is Brc1cccc(OCCNCCC2CCOC2)c1. The molecule has 0 amide bonds. The van der Waals surface area contributed by atoms with E-state index < -0.39 is 0 Å². The van der Waals surface area contributed by atoms with Crippen LogP contribution in [0.3, 0.4) is 0 Å². The summed E-state index contributed by atoms with van der Waals surface area (Å²) in [4.78, 5) is 0. The molecule has 100 valence electrons. The molecule has 1 aromatic rings. The molecule has 1 unspecified atom stereocenters. The van der Waals surface area contributed by atoms with Crippen molar-refractivity contribution in [3.8, 4) is 5.75 Å². The molecule has 1 saturated heterocycles. The predicted molar refractivity (Wildman–Crippen MR) is 76.0 cm³/mol. The number of benzene rings is 1. The first kappa shape index (κ1) is 13.8. The van der Waals surface area contributed by atoms with Gasteiger partial charge >= 0.3 is 0 Å². The van der Waals surface area contributed by atoms with Crippen molar-refractivity contribution in [3.63, 3.8) is 0 Å². The highest BCUT2D eigenvalue weighted by molar-refractivity contribution is 9.10. The monoisotopic (exact) mass is 313 g/mol. The van der Waals surface area contributed by atoms with Crippen LogP contribution < -0.4 is 10.1 Å². The highest BCUT2D eigenvalue weighted by Gasteiger charge is 2.14. The van der Waals surface area contributed by atoms with E-state index in [-0.39, 0.29) is 0 Å². The first-order chi connectivity index (χ1) is 8.84. The van der Waals surface area contributed by atoms with Gasteiger partial charge < -0.3 is 14.8 Å². The van der Waals surface area contributed by atoms with Gasteiger partial charge in [0.25, 0.3) is 0 Å². The Morgan fingerprint density at radius 2 is 2.33 bits per heavy atom. The number of halogens is 1. The lowest BCUT2D eigenvalue weighted by atomic mass is 10.1. The van der Waals surface area contributed by atoms with E-state index in [1.807, 2.05) is 24.3 Å². The van der Waals surface area contributed by atoms with E-state index in [4.69, 9.17) is 9.47 Å². The zero-order valence-corrected chi connectivity index (χ0v) is 12.1. The second-order valence-electron chi connectivity index (χ2n) is 4.57. The molecule has 0 bridgehead atoms. The predicted octanol–water partition coefficient (Wildman–Crippen LogP) is 2.84. The lowest BCUT2D eigenvalue weighted by molar-refractivity contribution is 0.184. The molecule has 4 heteroatoms. The summed E-state index contributed by atoms with van der Waals surface area (Å²) >= 11 is 3.43.